The van der Waals surface area contributed by atoms with Crippen molar-refractivity contribution in [2.75, 3.05) is 25.0 Å². The Morgan fingerprint density at radius 1 is 1.24 bits per heavy atom. The van der Waals surface area contributed by atoms with Crippen molar-refractivity contribution in [1.82, 2.24) is 24.9 Å². The fourth-order valence-electron chi connectivity index (χ4n) is 3.82. The highest BCUT2D eigenvalue weighted by atomic mass is 19.1. The summed E-state index contributed by atoms with van der Waals surface area (Å²) >= 11 is 0. The van der Waals surface area contributed by atoms with Crippen molar-refractivity contribution in [2.45, 2.75) is 25.9 Å². The summed E-state index contributed by atoms with van der Waals surface area (Å²) < 4.78 is 14.9. The number of likely N-dealkylation sites (tertiary alicyclic amines) is 1. The van der Waals surface area contributed by atoms with Crippen LogP contribution in [0.4, 0.5) is 10.2 Å². The number of halogens is 1. The molecular formula is C21H25FN6O. The summed E-state index contributed by atoms with van der Waals surface area (Å²) in [6.07, 6.45) is 4.38. The van der Waals surface area contributed by atoms with E-state index >= 15 is 0 Å². The van der Waals surface area contributed by atoms with Crippen molar-refractivity contribution >= 4 is 22.6 Å². The van der Waals surface area contributed by atoms with E-state index in [4.69, 9.17) is 0 Å². The average molecular weight is 396 g/mol. The summed E-state index contributed by atoms with van der Waals surface area (Å²) in [5.74, 6) is 0.320. The van der Waals surface area contributed by atoms with Gasteiger partial charge < -0.3 is 10.2 Å². The van der Waals surface area contributed by atoms with Gasteiger partial charge in [0.1, 0.15) is 6.17 Å². The number of nitrogens with one attached hydrogen (secondary N) is 1. The average Bonchev–Trinajstić information content (AvgIpc) is 3.14. The van der Waals surface area contributed by atoms with E-state index in [0.717, 1.165) is 48.0 Å². The zero-order valence-electron chi connectivity index (χ0n) is 16.7. The number of carbonyl (C=O) groups excluding carboxylic acids is 1. The molecule has 1 atom stereocenters. The number of anilines is 1. The number of benzene rings is 1. The number of alkyl halides is 1. The summed E-state index contributed by atoms with van der Waals surface area (Å²) in [7, 11) is 1.88. The van der Waals surface area contributed by atoms with E-state index in [-0.39, 0.29) is 11.8 Å². The molecule has 1 saturated heterocycles. The molecule has 4 rings (SSSR count). The second-order valence-electron chi connectivity index (χ2n) is 7.75. The van der Waals surface area contributed by atoms with E-state index in [2.05, 4.69) is 25.5 Å². The molecule has 3 aromatic rings. The molecule has 0 spiro atoms. The first-order valence-electron chi connectivity index (χ1n) is 9.92. The minimum Gasteiger partial charge on any atom is -0.309 e. The number of carbonyl (C=O) groups is 1. The van der Waals surface area contributed by atoms with Crippen molar-refractivity contribution in [2.24, 2.45) is 13.0 Å². The van der Waals surface area contributed by atoms with Crippen molar-refractivity contribution in [3.05, 3.63) is 36.7 Å². The Morgan fingerprint density at radius 3 is 2.72 bits per heavy atom. The first-order chi connectivity index (χ1) is 14.0. The number of hydrogen-bond acceptors (Lipinski definition) is 5. The third-order valence-electron chi connectivity index (χ3n) is 5.34. The van der Waals surface area contributed by atoms with Crippen LogP contribution < -0.4 is 5.32 Å². The van der Waals surface area contributed by atoms with Crippen LogP contribution in [0.5, 0.6) is 0 Å². The molecule has 1 aliphatic heterocycles. The number of rotatable bonds is 5. The molecular weight excluding hydrogens is 371 g/mol. The summed E-state index contributed by atoms with van der Waals surface area (Å²) in [6.45, 7) is 3.48. The number of piperidine rings is 1. The molecule has 0 radical (unpaired) electrons. The lowest BCUT2D eigenvalue weighted by Gasteiger charge is -2.31. The molecule has 1 N–H and O–H groups in total. The van der Waals surface area contributed by atoms with Gasteiger partial charge in [-0.25, -0.2) is 4.39 Å². The first-order valence-corrected chi connectivity index (χ1v) is 9.92. The van der Waals surface area contributed by atoms with Crippen molar-refractivity contribution < 1.29 is 9.18 Å². The Kier molecular flexibility index (Phi) is 5.53. The quantitative estimate of drug-likeness (QED) is 0.717. The van der Waals surface area contributed by atoms with E-state index in [9.17, 15) is 9.18 Å². The SMILES string of the molecule is C[C@@H](F)CN1CCC(C(=O)Nc2cc3cc(-c4cnn(C)c4)ccc3nn2)CC1. The van der Waals surface area contributed by atoms with Gasteiger partial charge in [-0.2, -0.15) is 5.10 Å². The van der Waals surface area contributed by atoms with Crippen molar-refractivity contribution in [1.29, 1.82) is 0 Å². The molecule has 0 aliphatic carbocycles. The largest absolute Gasteiger partial charge is 0.309 e. The van der Waals surface area contributed by atoms with Gasteiger partial charge in [-0.1, -0.05) is 6.07 Å². The standard InChI is InChI=1S/C21H25FN6O/c1-14(22)12-28-7-5-15(6-8-28)21(29)24-20-10-17-9-16(3-4-19(17)25-26-20)18-11-23-27(2)13-18/h3-4,9-11,13-15H,5-8,12H2,1-2H3,(H,24,26,29)/t14-/m1/s1. The van der Waals surface area contributed by atoms with Crippen LogP contribution in [0.3, 0.4) is 0 Å². The lowest BCUT2D eigenvalue weighted by molar-refractivity contribution is -0.121. The monoisotopic (exact) mass is 396 g/mol. The van der Waals surface area contributed by atoms with Crippen LogP contribution in [0.1, 0.15) is 19.8 Å². The normalized spacial score (nSPS) is 16.8. The van der Waals surface area contributed by atoms with E-state index in [1.54, 1.807) is 11.6 Å². The maximum atomic E-state index is 13.2. The van der Waals surface area contributed by atoms with E-state index in [1.807, 2.05) is 43.7 Å². The van der Waals surface area contributed by atoms with Gasteiger partial charge in [0, 0.05) is 36.7 Å². The minimum atomic E-state index is -0.843. The van der Waals surface area contributed by atoms with Gasteiger partial charge in [-0.15, -0.1) is 10.2 Å². The maximum absolute atomic E-state index is 13.2. The lowest BCUT2D eigenvalue weighted by Crippen LogP contribution is -2.40. The molecule has 3 heterocycles. The molecule has 0 unspecified atom stereocenters. The zero-order valence-corrected chi connectivity index (χ0v) is 16.7. The van der Waals surface area contributed by atoms with Crippen molar-refractivity contribution in [3.63, 3.8) is 0 Å². The molecule has 152 valence electrons. The van der Waals surface area contributed by atoms with E-state index < -0.39 is 6.17 Å². The zero-order chi connectivity index (χ0) is 20.4. The van der Waals surface area contributed by atoms with Crippen LogP contribution in [-0.2, 0) is 11.8 Å². The predicted molar refractivity (Wildman–Crippen MR) is 110 cm³/mol. The molecule has 0 saturated carbocycles. The Balaban J connectivity index is 1.44. The van der Waals surface area contributed by atoms with Crippen LogP contribution in [0.2, 0.25) is 0 Å². The summed E-state index contributed by atoms with van der Waals surface area (Å²) in [5, 5.41) is 16.4. The third-order valence-corrected chi connectivity index (χ3v) is 5.34. The number of aryl methyl sites for hydroxylation is 1. The fourth-order valence-corrected chi connectivity index (χ4v) is 3.82. The number of amides is 1. The molecule has 29 heavy (non-hydrogen) atoms. The Morgan fingerprint density at radius 2 is 2.03 bits per heavy atom. The van der Waals surface area contributed by atoms with Gasteiger partial charge in [-0.05, 0) is 56.6 Å². The van der Waals surface area contributed by atoms with E-state index in [1.165, 1.54) is 0 Å². The van der Waals surface area contributed by atoms with Gasteiger partial charge in [0.2, 0.25) is 5.91 Å². The molecule has 7 nitrogen and oxygen atoms in total. The predicted octanol–water partition coefficient (Wildman–Crippen LogP) is 3.04. The molecule has 0 bridgehead atoms. The van der Waals surface area contributed by atoms with Crippen LogP contribution in [0.25, 0.3) is 22.0 Å². The molecule has 1 amide bonds. The molecule has 1 aliphatic rings. The van der Waals surface area contributed by atoms with Crippen molar-refractivity contribution in [3.8, 4) is 11.1 Å². The summed E-state index contributed by atoms with van der Waals surface area (Å²) in [5.41, 5.74) is 2.82. The summed E-state index contributed by atoms with van der Waals surface area (Å²) in [6, 6.07) is 7.77. The van der Waals surface area contributed by atoms with E-state index in [0.29, 0.717) is 12.4 Å². The molecule has 1 aromatic carbocycles. The third kappa shape index (κ3) is 4.59. The Labute approximate surface area is 168 Å². The highest BCUT2D eigenvalue weighted by Crippen LogP contribution is 2.25. The first kappa shape index (κ1) is 19.4. The molecule has 2 aromatic heterocycles. The lowest BCUT2D eigenvalue weighted by atomic mass is 9.96. The van der Waals surface area contributed by atoms with Gasteiger partial charge in [0.15, 0.2) is 5.82 Å². The fraction of sp³-hybridized carbons (Fsp3) is 0.429. The van der Waals surface area contributed by atoms with Gasteiger partial charge >= 0.3 is 0 Å². The van der Waals surface area contributed by atoms with Gasteiger partial charge in [0.25, 0.3) is 0 Å². The Bertz CT molecular complexity index is 1010. The van der Waals surface area contributed by atoms with Crippen LogP contribution in [0.15, 0.2) is 36.7 Å². The summed E-state index contributed by atoms with van der Waals surface area (Å²) in [4.78, 5) is 14.7. The highest BCUT2D eigenvalue weighted by molar-refractivity contribution is 5.94. The van der Waals surface area contributed by atoms with Crippen LogP contribution in [0, 0.1) is 5.92 Å². The molecule has 1 fully saturated rings. The second-order valence-corrected chi connectivity index (χ2v) is 7.75. The highest BCUT2D eigenvalue weighted by Gasteiger charge is 2.26. The minimum absolute atomic E-state index is 0.0463. The molecule has 8 heteroatoms. The smallest absolute Gasteiger partial charge is 0.228 e. The number of fused-ring (bicyclic) bond motifs is 1. The Hall–Kier alpha value is -2.87. The van der Waals surface area contributed by atoms with Gasteiger partial charge in [0.05, 0.1) is 11.7 Å². The topological polar surface area (TPSA) is 75.9 Å². The number of hydrogen-bond donors (Lipinski definition) is 1. The van der Waals surface area contributed by atoms with Crippen LogP contribution >= 0.6 is 0 Å². The maximum Gasteiger partial charge on any atom is 0.228 e. The van der Waals surface area contributed by atoms with Gasteiger partial charge in [-0.3, -0.25) is 9.48 Å². The number of aromatic nitrogens is 4. The number of nitrogens with zero attached hydrogens (tertiary/aromatic N) is 5. The second kappa shape index (κ2) is 8.24. The van der Waals surface area contributed by atoms with Crippen LogP contribution in [-0.4, -0.2) is 56.6 Å².